The lowest BCUT2D eigenvalue weighted by Crippen LogP contribution is -2.30. The molecule has 0 saturated carbocycles. The number of carbonyl (C=O) groups is 3. The lowest BCUT2D eigenvalue weighted by atomic mass is 10.1. The maximum absolute atomic E-state index is 12.8. The molecule has 0 spiro atoms. The fourth-order valence-corrected chi connectivity index (χ4v) is 7.02. The Morgan fingerprint density at radius 3 is 1.14 bits per heavy atom. The topological polar surface area (TPSA) is 78.9 Å². The predicted molar refractivity (Wildman–Crippen MR) is 279 cm³/mol. The van der Waals surface area contributed by atoms with Crippen LogP contribution in [0.2, 0.25) is 0 Å². The zero-order valence-corrected chi connectivity index (χ0v) is 42.0. The summed E-state index contributed by atoms with van der Waals surface area (Å²) < 4.78 is 16.8. The molecule has 0 radical (unpaired) electrons. The van der Waals surface area contributed by atoms with Gasteiger partial charge in [0.05, 0.1) is 0 Å². The number of esters is 3. The van der Waals surface area contributed by atoms with Crippen LogP contribution in [0.25, 0.3) is 0 Å². The third-order valence-corrected chi connectivity index (χ3v) is 10.9. The van der Waals surface area contributed by atoms with Crippen molar-refractivity contribution >= 4 is 17.9 Å². The van der Waals surface area contributed by atoms with Gasteiger partial charge in [0.2, 0.25) is 0 Å². The van der Waals surface area contributed by atoms with Crippen molar-refractivity contribution in [1.82, 2.24) is 0 Å². The van der Waals surface area contributed by atoms with Crippen molar-refractivity contribution in [1.29, 1.82) is 0 Å². The summed E-state index contributed by atoms with van der Waals surface area (Å²) in [5.74, 6) is -0.951. The Morgan fingerprint density at radius 1 is 0.338 bits per heavy atom. The van der Waals surface area contributed by atoms with Gasteiger partial charge in [0.25, 0.3) is 0 Å². The minimum Gasteiger partial charge on any atom is -0.462 e. The Bertz CT molecular complexity index is 1360. The number of carbonyl (C=O) groups excluding carboxylic acids is 3. The molecule has 0 aromatic heterocycles. The van der Waals surface area contributed by atoms with Gasteiger partial charge in [0, 0.05) is 19.3 Å². The van der Waals surface area contributed by atoms with E-state index in [1.54, 1.807) is 0 Å². The second kappa shape index (κ2) is 52.7. The quantitative estimate of drug-likeness (QED) is 0.0199. The second-order valence-corrected chi connectivity index (χ2v) is 17.2. The number of ether oxygens (including phenoxy) is 3. The van der Waals surface area contributed by atoms with Gasteiger partial charge in [0.1, 0.15) is 13.2 Å². The van der Waals surface area contributed by atoms with E-state index in [4.69, 9.17) is 14.2 Å². The van der Waals surface area contributed by atoms with Crippen molar-refractivity contribution in [3.8, 4) is 0 Å². The summed E-state index contributed by atoms with van der Waals surface area (Å²) in [4.78, 5) is 38.0. The summed E-state index contributed by atoms with van der Waals surface area (Å²) in [6, 6.07) is 0. The van der Waals surface area contributed by atoms with Crippen LogP contribution in [0, 0.1) is 0 Å². The molecular weight excluding hydrogens is 805 g/mol. The van der Waals surface area contributed by atoms with Crippen LogP contribution in [-0.4, -0.2) is 37.2 Å². The fourth-order valence-electron chi connectivity index (χ4n) is 7.02. The minimum atomic E-state index is -0.803. The van der Waals surface area contributed by atoms with Crippen LogP contribution >= 0.6 is 0 Å². The first-order valence-electron chi connectivity index (χ1n) is 26.5. The van der Waals surface area contributed by atoms with Gasteiger partial charge in [-0.05, 0) is 70.6 Å². The first-order valence-corrected chi connectivity index (χ1v) is 26.5. The van der Waals surface area contributed by atoms with Crippen molar-refractivity contribution in [2.75, 3.05) is 13.2 Å². The van der Waals surface area contributed by atoms with Crippen LogP contribution in [0.15, 0.2) is 109 Å². The molecule has 0 saturated heterocycles. The van der Waals surface area contributed by atoms with Crippen molar-refractivity contribution in [2.24, 2.45) is 0 Å². The van der Waals surface area contributed by atoms with Gasteiger partial charge in [-0.2, -0.15) is 0 Å². The summed E-state index contributed by atoms with van der Waals surface area (Å²) >= 11 is 0. The van der Waals surface area contributed by atoms with E-state index < -0.39 is 6.10 Å². The molecule has 0 heterocycles. The third-order valence-electron chi connectivity index (χ3n) is 10.9. The molecule has 0 aromatic rings. The van der Waals surface area contributed by atoms with Crippen molar-refractivity contribution < 1.29 is 28.6 Å². The highest BCUT2D eigenvalue weighted by Gasteiger charge is 2.19. The molecule has 0 aliphatic carbocycles. The van der Waals surface area contributed by atoms with Gasteiger partial charge in [-0.3, -0.25) is 14.4 Å². The maximum atomic E-state index is 12.8. The van der Waals surface area contributed by atoms with Gasteiger partial charge in [-0.1, -0.05) is 246 Å². The first-order chi connectivity index (χ1) is 32.0. The molecule has 0 aromatic carbocycles. The Hall–Kier alpha value is -3.93. The van der Waals surface area contributed by atoms with Gasteiger partial charge in [0.15, 0.2) is 6.10 Å². The monoisotopic (exact) mass is 901 g/mol. The number of hydrogen-bond acceptors (Lipinski definition) is 6. The number of unbranched alkanes of at least 4 members (excludes halogenated alkanes) is 22. The zero-order chi connectivity index (χ0) is 47.2. The number of allylic oxidation sites excluding steroid dienone is 18. The normalized spacial score (nSPS) is 13.0. The summed E-state index contributed by atoms with van der Waals surface area (Å²) in [7, 11) is 0. The minimum absolute atomic E-state index is 0.0981. The SMILES string of the molecule is CC\C=C/C=C\C=C/C=C\C=C\C=C/CCCCCC(=O)OC(COC(=O)CCCCCCCCCCC/C=C\C/C=C\C/C=C\CC)COC(=O)CCCCCCCCCCCCC. The van der Waals surface area contributed by atoms with Crippen LogP contribution < -0.4 is 0 Å². The molecule has 0 bridgehead atoms. The predicted octanol–water partition coefficient (Wildman–Crippen LogP) is 17.5. The number of hydrogen-bond donors (Lipinski definition) is 0. The van der Waals surface area contributed by atoms with Crippen LogP contribution in [0.5, 0.6) is 0 Å². The van der Waals surface area contributed by atoms with E-state index in [9.17, 15) is 14.4 Å². The standard InChI is InChI=1S/C59H96O6/c1-4-7-10-13-16-19-22-24-26-28-29-31-32-34-37-40-43-46-49-52-58(61)64-55-56(54-63-57(60)51-48-45-42-39-36-21-18-15-12-9-6-3)65-59(62)53-50-47-44-41-38-35-33-30-27-25-23-20-17-14-11-8-5-2/h7-8,10-11,14,16-17,19-20,23-27,30,33,35,38,56H,4-6,9,12-13,15,18,21-22,28-29,31-32,34,36-37,39-55H2,1-3H3/b10-7-,11-8-,17-14-,19-16-,23-20-,26-24-,27-25-,33-30+,38-35-. The molecule has 1 unspecified atom stereocenters. The van der Waals surface area contributed by atoms with Crippen molar-refractivity contribution in [2.45, 2.75) is 232 Å². The van der Waals surface area contributed by atoms with E-state index in [0.717, 1.165) is 83.5 Å². The molecule has 1 atom stereocenters. The Morgan fingerprint density at radius 2 is 0.677 bits per heavy atom. The molecule has 0 amide bonds. The van der Waals surface area contributed by atoms with E-state index in [1.807, 2.05) is 60.8 Å². The molecule has 0 aliphatic heterocycles. The third kappa shape index (κ3) is 50.9. The summed E-state index contributed by atoms with van der Waals surface area (Å²) in [5, 5.41) is 0. The molecule has 0 fully saturated rings. The zero-order valence-electron chi connectivity index (χ0n) is 42.0. The van der Waals surface area contributed by atoms with Crippen LogP contribution in [0.1, 0.15) is 226 Å². The first kappa shape index (κ1) is 61.1. The summed E-state index contributed by atoms with van der Waals surface area (Å²) in [6.45, 7) is 6.33. The molecule has 0 N–H and O–H groups in total. The van der Waals surface area contributed by atoms with E-state index in [-0.39, 0.29) is 37.5 Å². The maximum Gasteiger partial charge on any atom is 0.306 e. The molecule has 6 nitrogen and oxygen atoms in total. The average Bonchev–Trinajstić information content (AvgIpc) is 3.30. The summed E-state index contributed by atoms with van der Waals surface area (Å²) in [6.07, 6.45) is 70.7. The van der Waals surface area contributed by atoms with Crippen LogP contribution in [0.3, 0.4) is 0 Å². The van der Waals surface area contributed by atoms with Gasteiger partial charge in [-0.25, -0.2) is 0 Å². The van der Waals surface area contributed by atoms with E-state index >= 15 is 0 Å². The van der Waals surface area contributed by atoms with Gasteiger partial charge in [-0.15, -0.1) is 0 Å². The average molecular weight is 901 g/mol. The van der Waals surface area contributed by atoms with E-state index in [2.05, 4.69) is 69.4 Å². The molecule has 65 heavy (non-hydrogen) atoms. The number of rotatable bonds is 46. The molecule has 0 aliphatic rings. The molecule has 6 heteroatoms. The van der Waals surface area contributed by atoms with Crippen molar-refractivity contribution in [3.05, 3.63) is 109 Å². The highest BCUT2D eigenvalue weighted by Crippen LogP contribution is 2.15. The highest BCUT2D eigenvalue weighted by molar-refractivity contribution is 5.71. The van der Waals surface area contributed by atoms with Gasteiger partial charge >= 0.3 is 17.9 Å². The van der Waals surface area contributed by atoms with Crippen LogP contribution in [0.4, 0.5) is 0 Å². The van der Waals surface area contributed by atoms with E-state index in [1.165, 1.54) is 96.3 Å². The Balaban J connectivity index is 4.46. The second-order valence-electron chi connectivity index (χ2n) is 17.2. The molecule has 0 rings (SSSR count). The van der Waals surface area contributed by atoms with Crippen LogP contribution in [-0.2, 0) is 28.6 Å². The highest BCUT2D eigenvalue weighted by atomic mass is 16.6. The lowest BCUT2D eigenvalue weighted by molar-refractivity contribution is -0.167. The largest absolute Gasteiger partial charge is 0.462 e. The van der Waals surface area contributed by atoms with E-state index in [0.29, 0.717) is 19.3 Å². The molecule has 368 valence electrons. The molecular formula is C59H96O6. The lowest BCUT2D eigenvalue weighted by Gasteiger charge is -2.18. The van der Waals surface area contributed by atoms with Crippen molar-refractivity contribution in [3.63, 3.8) is 0 Å². The smallest absolute Gasteiger partial charge is 0.306 e. The summed E-state index contributed by atoms with van der Waals surface area (Å²) in [5.41, 5.74) is 0. The Kier molecular flexibility index (Phi) is 49.5. The fraction of sp³-hybridized carbons (Fsp3) is 0.644. The van der Waals surface area contributed by atoms with Gasteiger partial charge < -0.3 is 14.2 Å². The Labute approximate surface area is 400 Å².